The van der Waals surface area contributed by atoms with Crippen LogP contribution in [0, 0.1) is 5.41 Å². The minimum Gasteiger partial charge on any atom is -0.377 e. The summed E-state index contributed by atoms with van der Waals surface area (Å²) in [6.07, 6.45) is 2.61. The number of alkyl halides is 3. The summed E-state index contributed by atoms with van der Waals surface area (Å²) in [5.74, 6) is 2.39. The van der Waals surface area contributed by atoms with Crippen molar-refractivity contribution in [2.75, 3.05) is 31.2 Å². The molecule has 1 aromatic carbocycles. The van der Waals surface area contributed by atoms with Gasteiger partial charge in [-0.25, -0.2) is 4.98 Å². The van der Waals surface area contributed by atoms with E-state index in [4.69, 9.17) is 16.3 Å². The Hall–Kier alpha value is -2.76. The van der Waals surface area contributed by atoms with Crippen molar-refractivity contribution in [3.63, 3.8) is 0 Å². The number of hydrogen-bond acceptors (Lipinski definition) is 7. The fourth-order valence-corrected chi connectivity index (χ4v) is 6.42. The predicted octanol–water partition coefficient (Wildman–Crippen LogP) is 3.74. The standard InChI is InChI=1S/C24H23ClF3N7O/c25-17-1-2-18-15(5-17)9-34(23(13-36-14-23)24(26,27)28)10-20-31-32-21(35(18)20)16-6-22(7-16)11-33(12-22)19-8-29-3-4-30-19/h1-5,8,16H,6-7,9-14H2. The van der Waals surface area contributed by atoms with E-state index in [1.54, 1.807) is 30.7 Å². The van der Waals surface area contributed by atoms with E-state index in [0.717, 1.165) is 48.8 Å². The van der Waals surface area contributed by atoms with Gasteiger partial charge in [-0.1, -0.05) is 11.6 Å². The fraction of sp³-hybridized carbons (Fsp3) is 0.500. The minimum atomic E-state index is -4.43. The second kappa shape index (κ2) is 7.62. The number of benzene rings is 1. The van der Waals surface area contributed by atoms with Crippen molar-refractivity contribution < 1.29 is 17.9 Å². The molecule has 2 aromatic heterocycles. The summed E-state index contributed by atoms with van der Waals surface area (Å²) in [7, 11) is 0. The minimum absolute atomic E-state index is 0.0283. The predicted molar refractivity (Wildman–Crippen MR) is 124 cm³/mol. The fourth-order valence-electron chi connectivity index (χ4n) is 6.22. The van der Waals surface area contributed by atoms with Crippen LogP contribution in [-0.4, -0.2) is 67.7 Å². The van der Waals surface area contributed by atoms with E-state index in [-0.39, 0.29) is 37.6 Å². The van der Waals surface area contributed by atoms with E-state index < -0.39 is 11.7 Å². The summed E-state index contributed by atoms with van der Waals surface area (Å²) in [5.41, 5.74) is -0.309. The number of hydrogen-bond donors (Lipinski definition) is 0. The summed E-state index contributed by atoms with van der Waals surface area (Å²) in [6, 6.07) is 5.38. The van der Waals surface area contributed by atoms with Gasteiger partial charge in [0.05, 0.1) is 31.6 Å². The molecule has 7 rings (SSSR count). The van der Waals surface area contributed by atoms with Crippen molar-refractivity contribution in [2.45, 2.75) is 43.6 Å². The molecule has 3 aliphatic heterocycles. The first-order chi connectivity index (χ1) is 17.3. The van der Waals surface area contributed by atoms with Gasteiger partial charge in [-0.05, 0) is 36.6 Å². The Morgan fingerprint density at radius 2 is 1.86 bits per heavy atom. The topological polar surface area (TPSA) is 72.2 Å². The van der Waals surface area contributed by atoms with Crippen LogP contribution in [0.4, 0.5) is 19.0 Å². The number of nitrogens with zero attached hydrogens (tertiary/aromatic N) is 7. The number of halogens is 4. The molecule has 1 saturated carbocycles. The Bertz CT molecular complexity index is 1310. The van der Waals surface area contributed by atoms with Crippen LogP contribution >= 0.6 is 11.6 Å². The smallest absolute Gasteiger partial charge is 0.377 e. The van der Waals surface area contributed by atoms with Crippen LogP contribution in [-0.2, 0) is 17.8 Å². The Morgan fingerprint density at radius 1 is 1.06 bits per heavy atom. The molecule has 0 amide bonds. The molecule has 3 fully saturated rings. The highest BCUT2D eigenvalue weighted by atomic mass is 35.5. The Morgan fingerprint density at radius 3 is 2.53 bits per heavy atom. The molecule has 0 bridgehead atoms. The normalized spacial score (nSPS) is 22.7. The summed E-state index contributed by atoms with van der Waals surface area (Å²) in [6.45, 7) is 1.18. The highest BCUT2D eigenvalue weighted by Crippen LogP contribution is 2.56. The number of ether oxygens (including phenoxy) is 1. The third-order valence-electron chi connectivity index (χ3n) is 8.20. The highest BCUT2D eigenvalue weighted by Gasteiger charge is 2.64. The van der Waals surface area contributed by atoms with E-state index >= 15 is 0 Å². The van der Waals surface area contributed by atoms with Crippen molar-refractivity contribution in [3.05, 3.63) is 59.0 Å². The van der Waals surface area contributed by atoms with E-state index in [1.807, 2.05) is 10.6 Å². The zero-order valence-corrected chi connectivity index (χ0v) is 20.0. The van der Waals surface area contributed by atoms with Crippen LogP contribution in [0.2, 0.25) is 5.02 Å². The molecule has 2 saturated heterocycles. The quantitative estimate of drug-likeness (QED) is 0.524. The lowest BCUT2D eigenvalue weighted by atomic mass is 9.57. The lowest BCUT2D eigenvalue weighted by Gasteiger charge is -2.59. The van der Waals surface area contributed by atoms with E-state index in [9.17, 15) is 13.2 Å². The van der Waals surface area contributed by atoms with Crippen molar-refractivity contribution in [1.82, 2.24) is 29.6 Å². The van der Waals surface area contributed by atoms with Crippen LogP contribution in [0.15, 0.2) is 36.8 Å². The lowest BCUT2D eigenvalue weighted by molar-refractivity contribution is -0.310. The van der Waals surface area contributed by atoms with Crippen LogP contribution in [0.25, 0.3) is 5.69 Å². The molecule has 3 aromatic rings. The summed E-state index contributed by atoms with van der Waals surface area (Å²) < 4.78 is 49.6. The Kier molecular flexibility index (Phi) is 4.75. The van der Waals surface area contributed by atoms with Crippen LogP contribution in [0.5, 0.6) is 0 Å². The largest absolute Gasteiger partial charge is 0.411 e. The van der Waals surface area contributed by atoms with Gasteiger partial charge in [0, 0.05) is 48.4 Å². The maximum absolute atomic E-state index is 14.2. The van der Waals surface area contributed by atoms with Gasteiger partial charge in [0.2, 0.25) is 0 Å². The van der Waals surface area contributed by atoms with Crippen molar-refractivity contribution in [1.29, 1.82) is 0 Å². The Labute approximate surface area is 210 Å². The molecule has 4 aliphatic rings. The SMILES string of the molecule is FC(F)(F)C1(N2Cc3cc(Cl)ccc3-n3c(nnc3C3CC4(C3)CN(c3cnccn3)C4)C2)COC1. The number of fused-ring (bicyclic) bond motifs is 3. The van der Waals surface area contributed by atoms with Gasteiger partial charge in [-0.2, -0.15) is 13.2 Å². The van der Waals surface area contributed by atoms with Gasteiger partial charge in [0.25, 0.3) is 0 Å². The highest BCUT2D eigenvalue weighted by molar-refractivity contribution is 6.30. The number of rotatable bonds is 3. The summed E-state index contributed by atoms with van der Waals surface area (Å²) in [5, 5.41) is 9.40. The second-order valence-corrected chi connectivity index (χ2v) is 10.9. The summed E-state index contributed by atoms with van der Waals surface area (Å²) in [4.78, 5) is 12.2. The van der Waals surface area contributed by atoms with Crippen molar-refractivity contribution >= 4 is 17.4 Å². The molecular formula is C24H23ClF3N7O. The number of anilines is 1. The van der Waals surface area contributed by atoms with Crippen LogP contribution in [0.3, 0.4) is 0 Å². The van der Waals surface area contributed by atoms with Crippen molar-refractivity contribution in [2.24, 2.45) is 5.41 Å². The first kappa shape index (κ1) is 22.4. The van der Waals surface area contributed by atoms with Gasteiger partial charge in [-0.15, -0.1) is 10.2 Å². The zero-order chi connectivity index (χ0) is 24.7. The molecule has 0 atom stereocenters. The molecule has 12 heteroatoms. The van der Waals surface area contributed by atoms with Gasteiger partial charge in [-0.3, -0.25) is 14.5 Å². The zero-order valence-electron chi connectivity index (χ0n) is 19.2. The van der Waals surface area contributed by atoms with Gasteiger partial charge in [0.15, 0.2) is 11.4 Å². The van der Waals surface area contributed by atoms with Gasteiger partial charge in [0.1, 0.15) is 11.6 Å². The van der Waals surface area contributed by atoms with E-state index in [0.29, 0.717) is 10.8 Å². The second-order valence-electron chi connectivity index (χ2n) is 10.5. The van der Waals surface area contributed by atoms with E-state index in [1.165, 1.54) is 4.90 Å². The molecule has 0 N–H and O–H groups in total. The molecule has 1 spiro atoms. The molecular weight excluding hydrogens is 495 g/mol. The Balaban J connectivity index is 1.18. The maximum atomic E-state index is 14.2. The maximum Gasteiger partial charge on any atom is 0.411 e. The van der Waals surface area contributed by atoms with Crippen LogP contribution < -0.4 is 4.90 Å². The molecule has 188 valence electrons. The third-order valence-corrected chi connectivity index (χ3v) is 8.43. The summed E-state index contributed by atoms with van der Waals surface area (Å²) >= 11 is 6.28. The van der Waals surface area contributed by atoms with Crippen LogP contribution in [0.1, 0.15) is 36.0 Å². The first-order valence-electron chi connectivity index (χ1n) is 11.9. The molecule has 5 heterocycles. The molecule has 1 aliphatic carbocycles. The number of aromatic nitrogens is 5. The molecule has 0 radical (unpaired) electrons. The first-order valence-corrected chi connectivity index (χ1v) is 12.3. The van der Waals surface area contributed by atoms with Crippen molar-refractivity contribution in [3.8, 4) is 5.69 Å². The monoisotopic (exact) mass is 517 g/mol. The molecule has 8 nitrogen and oxygen atoms in total. The average Bonchev–Trinajstić information content (AvgIpc) is 3.06. The van der Waals surface area contributed by atoms with Gasteiger partial charge >= 0.3 is 6.18 Å². The third kappa shape index (κ3) is 3.22. The average molecular weight is 518 g/mol. The lowest BCUT2D eigenvalue weighted by Crippen LogP contribution is -2.69. The van der Waals surface area contributed by atoms with Gasteiger partial charge < -0.3 is 9.64 Å². The molecule has 36 heavy (non-hydrogen) atoms. The molecule has 0 unspecified atom stereocenters. The van der Waals surface area contributed by atoms with E-state index in [2.05, 4.69) is 25.1 Å².